The van der Waals surface area contributed by atoms with Gasteiger partial charge in [-0.15, -0.1) is 0 Å². The van der Waals surface area contributed by atoms with Gasteiger partial charge in [0.2, 0.25) is 0 Å². The van der Waals surface area contributed by atoms with Gasteiger partial charge in [-0.25, -0.2) is 0 Å². The summed E-state index contributed by atoms with van der Waals surface area (Å²) in [4.78, 5) is 0. The van der Waals surface area contributed by atoms with Gasteiger partial charge in [-0.1, -0.05) is 27.2 Å². The topological polar surface area (TPSA) is 32.3 Å². The zero-order chi connectivity index (χ0) is 14.6. The van der Waals surface area contributed by atoms with Crippen molar-refractivity contribution in [1.29, 1.82) is 0 Å². The molecule has 0 aromatic heterocycles. The van der Waals surface area contributed by atoms with Gasteiger partial charge < -0.3 is 10.4 Å². The lowest BCUT2D eigenvalue weighted by Crippen LogP contribution is -2.47. The van der Waals surface area contributed by atoms with E-state index < -0.39 is 5.60 Å². The van der Waals surface area contributed by atoms with E-state index in [1.54, 1.807) is 0 Å². The predicted molar refractivity (Wildman–Crippen MR) is 85.8 cm³/mol. The molecule has 2 saturated carbocycles. The summed E-state index contributed by atoms with van der Waals surface area (Å²) in [5, 5.41) is 14.4. The van der Waals surface area contributed by atoms with Crippen molar-refractivity contribution in [1.82, 2.24) is 5.32 Å². The molecule has 0 aliphatic heterocycles. The van der Waals surface area contributed by atoms with Crippen LogP contribution in [0.1, 0.15) is 78.6 Å². The second-order valence-corrected chi connectivity index (χ2v) is 7.81. The lowest BCUT2D eigenvalue weighted by atomic mass is 9.77. The zero-order valence-corrected chi connectivity index (χ0v) is 13.8. The molecular weight excluding hydrogens is 246 g/mol. The van der Waals surface area contributed by atoms with Crippen molar-refractivity contribution < 1.29 is 5.11 Å². The third-order valence-electron chi connectivity index (χ3n) is 6.05. The van der Waals surface area contributed by atoms with Crippen molar-refractivity contribution in [2.75, 3.05) is 6.54 Å². The second kappa shape index (κ2) is 7.26. The van der Waals surface area contributed by atoms with Crippen LogP contribution in [-0.4, -0.2) is 23.3 Å². The minimum atomic E-state index is -0.416. The van der Waals surface area contributed by atoms with Gasteiger partial charge in [0.15, 0.2) is 0 Å². The first-order chi connectivity index (χ1) is 9.52. The largest absolute Gasteiger partial charge is 0.389 e. The summed E-state index contributed by atoms with van der Waals surface area (Å²) in [5.41, 5.74) is -0.416. The highest BCUT2D eigenvalue weighted by atomic mass is 16.3. The van der Waals surface area contributed by atoms with Gasteiger partial charge in [0, 0.05) is 12.6 Å². The van der Waals surface area contributed by atoms with Crippen molar-refractivity contribution in [2.24, 2.45) is 17.8 Å². The Morgan fingerprint density at radius 3 is 2.15 bits per heavy atom. The Bertz CT molecular complexity index is 273. The quantitative estimate of drug-likeness (QED) is 0.794. The second-order valence-electron chi connectivity index (χ2n) is 7.81. The summed E-state index contributed by atoms with van der Waals surface area (Å²) in [6.45, 7) is 7.81. The molecule has 2 nitrogen and oxygen atoms in total. The normalized spacial score (nSPS) is 39.1. The Hall–Kier alpha value is -0.0800. The molecule has 0 amide bonds. The Morgan fingerprint density at radius 1 is 1.05 bits per heavy atom. The molecular formula is C18H35NO. The van der Waals surface area contributed by atoms with E-state index in [4.69, 9.17) is 0 Å². The number of hydrogen-bond acceptors (Lipinski definition) is 2. The van der Waals surface area contributed by atoms with Gasteiger partial charge in [0.25, 0.3) is 0 Å². The summed E-state index contributed by atoms with van der Waals surface area (Å²) in [5.74, 6) is 2.62. The molecule has 0 unspecified atom stereocenters. The number of rotatable bonds is 5. The number of hydrogen-bond donors (Lipinski definition) is 2. The first kappa shape index (κ1) is 16.3. The Labute approximate surface area is 125 Å². The minimum absolute atomic E-state index is 0.416. The summed E-state index contributed by atoms with van der Waals surface area (Å²) in [6.07, 6.45) is 11.1. The maximum absolute atomic E-state index is 10.7. The molecule has 0 atom stereocenters. The van der Waals surface area contributed by atoms with Crippen molar-refractivity contribution in [2.45, 2.75) is 90.2 Å². The van der Waals surface area contributed by atoms with Gasteiger partial charge in [-0.3, -0.25) is 0 Å². The standard InChI is InChI=1S/C18H35NO/c1-4-15-9-11-18(20,12-10-15)13-19-17-7-5-16(6-8-17)14(2)3/h14-17,19-20H,4-13H2,1-3H3. The lowest BCUT2D eigenvalue weighted by Gasteiger charge is -2.38. The maximum atomic E-state index is 10.7. The molecule has 0 bridgehead atoms. The van der Waals surface area contributed by atoms with Crippen molar-refractivity contribution in [3.8, 4) is 0 Å². The minimum Gasteiger partial charge on any atom is -0.389 e. The number of nitrogens with one attached hydrogen (secondary N) is 1. The average Bonchev–Trinajstić information content (AvgIpc) is 2.46. The summed E-state index contributed by atoms with van der Waals surface area (Å²) in [7, 11) is 0. The van der Waals surface area contributed by atoms with Gasteiger partial charge in [-0.2, -0.15) is 0 Å². The molecule has 118 valence electrons. The van der Waals surface area contributed by atoms with Crippen LogP contribution in [-0.2, 0) is 0 Å². The van der Waals surface area contributed by atoms with E-state index in [0.29, 0.717) is 6.04 Å². The molecule has 2 rings (SSSR count). The van der Waals surface area contributed by atoms with Crippen molar-refractivity contribution in [3.63, 3.8) is 0 Å². The van der Waals surface area contributed by atoms with Crippen LogP contribution < -0.4 is 5.32 Å². The van der Waals surface area contributed by atoms with E-state index in [-0.39, 0.29) is 0 Å². The van der Waals surface area contributed by atoms with Crippen LogP contribution in [0.15, 0.2) is 0 Å². The van der Waals surface area contributed by atoms with E-state index >= 15 is 0 Å². The molecule has 0 spiro atoms. The first-order valence-electron chi connectivity index (χ1n) is 8.98. The van der Waals surface area contributed by atoms with Crippen LogP contribution >= 0.6 is 0 Å². The molecule has 2 aliphatic rings. The van der Waals surface area contributed by atoms with Crippen LogP contribution in [0.3, 0.4) is 0 Å². The molecule has 2 heteroatoms. The fourth-order valence-corrected chi connectivity index (χ4v) is 4.12. The van der Waals surface area contributed by atoms with E-state index in [0.717, 1.165) is 37.1 Å². The van der Waals surface area contributed by atoms with E-state index in [2.05, 4.69) is 26.1 Å². The van der Waals surface area contributed by atoms with E-state index in [1.165, 1.54) is 44.9 Å². The third kappa shape index (κ3) is 4.46. The molecule has 0 aromatic carbocycles. The number of aliphatic hydroxyl groups is 1. The highest BCUT2D eigenvalue weighted by Gasteiger charge is 2.33. The van der Waals surface area contributed by atoms with Crippen LogP contribution in [0.5, 0.6) is 0 Å². The Balaban J connectivity index is 1.68. The SMILES string of the molecule is CCC1CCC(O)(CNC2CCC(C(C)C)CC2)CC1. The molecule has 0 saturated heterocycles. The van der Waals surface area contributed by atoms with Crippen molar-refractivity contribution in [3.05, 3.63) is 0 Å². The van der Waals surface area contributed by atoms with Crippen molar-refractivity contribution >= 4 is 0 Å². The molecule has 2 fully saturated rings. The maximum Gasteiger partial charge on any atom is 0.0771 e. The molecule has 20 heavy (non-hydrogen) atoms. The monoisotopic (exact) mass is 281 g/mol. The van der Waals surface area contributed by atoms with Crippen LogP contribution in [0.4, 0.5) is 0 Å². The van der Waals surface area contributed by atoms with Crippen LogP contribution in [0.25, 0.3) is 0 Å². The molecule has 2 aliphatic carbocycles. The Kier molecular flexibility index (Phi) is 5.92. The van der Waals surface area contributed by atoms with E-state index in [9.17, 15) is 5.11 Å². The van der Waals surface area contributed by atoms with Gasteiger partial charge >= 0.3 is 0 Å². The summed E-state index contributed by atoms with van der Waals surface area (Å²) in [6, 6.07) is 0.651. The summed E-state index contributed by atoms with van der Waals surface area (Å²) >= 11 is 0. The smallest absolute Gasteiger partial charge is 0.0771 e. The van der Waals surface area contributed by atoms with Crippen LogP contribution in [0.2, 0.25) is 0 Å². The zero-order valence-electron chi connectivity index (χ0n) is 13.8. The fraction of sp³-hybridized carbons (Fsp3) is 1.00. The molecule has 0 heterocycles. The molecule has 0 aromatic rings. The lowest BCUT2D eigenvalue weighted by molar-refractivity contribution is -0.0120. The first-order valence-corrected chi connectivity index (χ1v) is 8.98. The predicted octanol–water partition coefficient (Wildman–Crippen LogP) is 4.12. The molecule has 2 N–H and O–H groups in total. The van der Waals surface area contributed by atoms with Gasteiger partial charge in [0.05, 0.1) is 5.60 Å². The average molecular weight is 281 g/mol. The fourth-order valence-electron chi connectivity index (χ4n) is 4.12. The van der Waals surface area contributed by atoms with E-state index in [1.807, 2.05) is 0 Å². The molecule has 0 radical (unpaired) electrons. The Morgan fingerprint density at radius 2 is 1.65 bits per heavy atom. The van der Waals surface area contributed by atoms with Gasteiger partial charge in [-0.05, 0) is 69.1 Å². The van der Waals surface area contributed by atoms with Gasteiger partial charge in [0.1, 0.15) is 0 Å². The highest BCUT2D eigenvalue weighted by molar-refractivity contribution is 4.89. The van der Waals surface area contributed by atoms with Crippen LogP contribution in [0, 0.1) is 17.8 Å². The summed E-state index contributed by atoms with van der Waals surface area (Å²) < 4.78 is 0. The third-order valence-corrected chi connectivity index (χ3v) is 6.05. The highest BCUT2D eigenvalue weighted by Crippen LogP contribution is 2.34.